The molecule has 0 fully saturated rings. The van der Waals surface area contributed by atoms with E-state index in [1.54, 1.807) is 11.8 Å². The molecule has 6 heteroatoms. The van der Waals surface area contributed by atoms with Gasteiger partial charge in [-0.2, -0.15) is 0 Å². The molecule has 116 valence electrons. The minimum atomic E-state index is -0.155. The third-order valence-corrected chi connectivity index (χ3v) is 4.71. The summed E-state index contributed by atoms with van der Waals surface area (Å²) in [7, 11) is 0. The Bertz CT molecular complexity index is 621. The predicted octanol–water partition coefficient (Wildman–Crippen LogP) is 3.58. The Morgan fingerprint density at radius 1 is 1.14 bits per heavy atom. The predicted molar refractivity (Wildman–Crippen MR) is 84.9 cm³/mol. The highest BCUT2D eigenvalue weighted by molar-refractivity contribution is 7.98. The van der Waals surface area contributed by atoms with Gasteiger partial charge in [0.05, 0.1) is 0 Å². The third-order valence-electron chi connectivity index (χ3n) is 3.38. The zero-order valence-corrected chi connectivity index (χ0v) is 12.7. The van der Waals surface area contributed by atoms with Gasteiger partial charge in [-0.25, -0.2) is 0 Å². The van der Waals surface area contributed by atoms with Gasteiger partial charge in [-0.15, -0.1) is 11.8 Å². The molecule has 1 aliphatic heterocycles. The van der Waals surface area contributed by atoms with Crippen molar-refractivity contribution in [2.45, 2.75) is 11.0 Å². The quantitative estimate of drug-likeness (QED) is 0.821. The van der Waals surface area contributed by atoms with Gasteiger partial charge < -0.3 is 19.9 Å². The molecule has 2 aromatic rings. The van der Waals surface area contributed by atoms with Crippen molar-refractivity contribution >= 4 is 11.8 Å². The minimum Gasteiger partial charge on any atom is -0.762 e. The molecule has 0 amide bonds. The van der Waals surface area contributed by atoms with Crippen molar-refractivity contribution in [2.75, 3.05) is 13.3 Å². The van der Waals surface area contributed by atoms with Crippen LogP contribution in [0.5, 0.6) is 11.5 Å². The van der Waals surface area contributed by atoms with Gasteiger partial charge in [0.2, 0.25) is 6.79 Å². The summed E-state index contributed by atoms with van der Waals surface area (Å²) >= 11 is 1.60. The number of thioether (sulfide) groups is 1. The van der Waals surface area contributed by atoms with Gasteiger partial charge in [-0.3, -0.25) is 5.23 Å². The fourth-order valence-corrected chi connectivity index (χ4v) is 3.44. The first-order valence-corrected chi connectivity index (χ1v) is 7.96. The van der Waals surface area contributed by atoms with E-state index >= 15 is 0 Å². The molecule has 0 saturated carbocycles. The molecule has 1 heterocycles. The standard InChI is InChI=1S/C16H16NO4S/c18-17(19)9-16(22-10-12-4-2-1-3-5-12)13-6-7-14-15(8-13)21-11-20-14/h1-8,16,18H,9-11H2/q-1. The van der Waals surface area contributed by atoms with Crippen LogP contribution in [0, 0.1) is 5.21 Å². The molecule has 0 saturated heterocycles. The van der Waals surface area contributed by atoms with Gasteiger partial charge in [-0.05, 0) is 23.3 Å². The van der Waals surface area contributed by atoms with Crippen LogP contribution in [-0.2, 0) is 5.75 Å². The fourth-order valence-electron chi connectivity index (χ4n) is 2.28. The highest BCUT2D eigenvalue weighted by atomic mass is 32.2. The Hall–Kier alpha value is -1.73. The normalized spacial score (nSPS) is 14.3. The van der Waals surface area contributed by atoms with E-state index in [0.717, 1.165) is 11.3 Å². The van der Waals surface area contributed by atoms with E-state index < -0.39 is 0 Å². The molecule has 0 aliphatic carbocycles. The third kappa shape index (κ3) is 3.72. The van der Waals surface area contributed by atoms with Crippen molar-refractivity contribution in [1.29, 1.82) is 0 Å². The van der Waals surface area contributed by atoms with E-state index in [0.29, 0.717) is 11.5 Å². The van der Waals surface area contributed by atoms with Crippen LogP contribution >= 0.6 is 11.8 Å². The molecule has 22 heavy (non-hydrogen) atoms. The lowest BCUT2D eigenvalue weighted by atomic mass is 10.1. The summed E-state index contributed by atoms with van der Waals surface area (Å²) < 4.78 is 10.7. The largest absolute Gasteiger partial charge is 0.762 e. The van der Waals surface area contributed by atoms with Crippen molar-refractivity contribution in [3.63, 3.8) is 0 Å². The van der Waals surface area contributed by atoms with E-state index in [9.17, 15) is 5.21 Å². The lowest BCUT2D eigenvalue weighted by Gasteiger charge is -2.26. The second-order valence-corrected chi connectivity index (χ2v) is 6.12. The van der Waals surface area contributed by atoms with Crippen LogP contribution in [0.15, 0.2) is 48.5 Å². The summed E-state index contributed by atoms with van der Waals surface area (Å²) in [6.07, 6.45) is 0. The van der Waals surface area contributed by atoms with Gasteiger partial charge in [0.25, 0.3) is 0 Å². The van der Waals surface area contributed by atoms with E-state index in [4.69, 9.17) is 14.7 Å². The Kier molecular flexibility index (Phi) is 4.84. The smallest absolute Gasteiger partial charge is 0.231 e. The number of benzene rings is 2. The second-order valence-electron chi connectivity index (χ2n) is 4.93. The van der Waals surface area contributed by atoms with E-state index in [1.165, 1.54) is 5.56 Å². The van der Waals surface area contributed by atoms with Gasteiger partial charge in [-0.1, -0.05) is 36.4 Å². The minimum absolute atomic E-state index is 0.00283. The maximum atomic E-state index is 11.1. The molecule has 2 aromatic carbocycles. The summed E-state index contributed by atoms with van der Waals surface area (Å²) in [6, 6.07) is 15.6. The molecule has 1 N–H and O–H groups in total. The summed E-state index contributed by atoms with van der Waals surface area (Å²) in [5, 5.41) is 20.0. The number of hydrogen-bond donors (Lipinski definition) is 1. The van der Waals surface area contributed by atoms with E-state index in [2.05, 4.69) is 0 Å². The summed E-state index contributed by atoms with van der Waals surface area (Å²) in [6.45, 7) is 0.214. The Balaban J connectivity index is 1.74. The topological polar surface area (TPSA) is 65.0 Å². The average molecular weight is 318 g/mol. The molecule has 0 spiro atoms. The molecule has 5 nitrogen and oxygen atoms in total. The first kappa shape index (κ1) is 15.2. The van der Waals surface area contributed by atoms with Crippen LogP contribution in [-0.4, -0.2) is 23.8 Å². The fraction of sp³-hybridized carbons (Fsp3) is 0.250. The SMILES string of the molecule is [O-]N(O)CC(SCc1ccccc1)c1ccc2c(c1)OCO2. The van der Waals surface area contributed by atoms with Crippen LogP contribution in [0.1, 0.15) is 16.4 Å². The Morgan fingerprint density at radius 3 is 2.68 bits per heavy atom. The van der Waals surface area contributed by atoms with Crippen molar-refractivity contribution in [2.24, 2.45) is 0 Å². The Morgan fingerprint density at radius 2 is 1.91 bits per heavy atom. The lowest BCUT2D eigenvalue weighted by Crippen LogP contribution is -2.17. The molecule has 0 bridgehead atoms. The number of rotatable bonds is 6. The number of fused-ring (bicyclic) bond motifs is 1. The zero-order chi connectivity index (χ0) is 15.4. The molecule has 0 radical (unpaired) electrons. The van der Waals surface area contributed by atoms with Crippen LogP contribution in [0.25, 0.3) is 0 Å². The molecular weight excluding hydrogens is 302 g/mol. The summed E-state index contributed by atoms with van der Waals surface area (Å²) in [5.74, 6) is 2.14. The summed E-state index contributed by atoms with van der Waals surface area (Å²) in [5.41, 5.74) is 2.11. The van der Waals surface area contributed by atoms with Crippen molar-refractivity contribution in [3.8, 4) is 11.5 Å². The van der Waals surface area contributed by atoms with Crippen molar-refractivity contribution in [1.82, 2.24) is 5.23 Å². The van der Waals surface area contributed by atoms with E-state index in [-0.39, 0.29) is 23.8 Å². The number of hydrogen-bond acceptors (Lipinski definition) is 6. The molecular formula is C16H16NO4S-. The summed E-state index contributed by atoms with van der Waals surface area (Å²) in [4.78, 5) is 0. The highest BCUT2D eigenvalue weighted by Crippen LogP contribution is 2.39. The molecule has 1 atom stereocenters. The average Bonchev–Trinajstić information content (AvgIpc) is 2.99. The monoisotopic (exact) mass is 318 g/mol. The highest BCUT2D eigenvalue weighted by Gasteiger charge is 2.18. The Labute approximate surface area is 133 Å². The van der Waals surface area contributed by atoms with Gasteiger partial charge in [0.1, 0.15) is 0 Å². The first-order chi connectivity index (χ1) is 10.7. The van der Waals surface area contributed by atoms with Crippen LogP contribution in [0.3, 0.4) is 0 Å². The zero-order valence-electron chi connectivity index (χ0n) is 11.8. The maximum absolute atomic E-state index is 11.1. The van der Waals surface area contributed by atoms with Crippen LogP contribution in [0.4, 0.5) is 0 Å². The van der Waals surface area contributed by atoms with Crippen LogP contribution < -0.4 is 9.47 Å². The van der Waals surface area contributed by atoms with Crippen LogP contribution in [0.2, 0.25) is 0 Å². The number of nitrogens with zero attached hydrogens (tertiary/aromatic N) is 1. The first-order valence-electron chi connectivity index (χ1n) is 6.91. The molecule has 3 rings (SSSR count). The van der Waals surface area contributed by atoms with Crippen molar-refractivity contribution < 1.29 is 14.7 Å². The molecule has 1 aliphatic rings. The molecule has 1 unspecified atom stereocenters. The second kappa shape index (κ2) is 7.02. The number of ether oxygens (including phenoxy) is 2. The van der Waals surface area contributed by atoms with Gasteiger partial charge in [0, 0.05) is 17.5 Å². The van der Waals surface area contributed by atoms with E-state index in [1.807, 2.05) is 48.5 Å². The number of hydroxylamine groups is 2. The molecule has 0 aromatic heterocycles. The maximum Gasteiger partial charge on any atom is 0.231 e. The van der Waals surface area contributed by atoms with Gasteiger partial charge in [0.15, 0.2) is 11.5 Å². The van der Waals surface area contributed by atoms with Crippen molar-refractivity contribution in [3.05, 3.63) is 64.9 Å². The van der Waals surface area contributed by atoms with Gasteiger partial charge >= 0.3 is 0 Å². The lowest BCUT2D eigenvalue weighted by molar-refractivity contribution is -0.0398.